The molecular weight excluding hydrogens is 198 g/mol. The lowest BCUT2D eigenvalue weighted by Gasteiger charge is -2.37. The van der Waals surface area contributed by atoms with Crippen molar-refractivity contribution < 1.29 is 19.4 Å². The molecule has 1 aliphatic rings. The summed E-state index contributed by atoms with van der Waals surface area (Å²) in [4.78, 5) is 22.0. The number of cyclic esters (lactones) is 1. The number of hydrogen-bond acceptors (Lipinski definition) is 4. The van der Waals surface area contributed by atoms with E-state index in [1.165, 1.54) is 6.08 Å². The number of esters is 1. The van der Waals surface area contributed by atoms with Crippen molar-refractivity contribution >= 4 is 11.9 Å². The molecule has 5 nitrogen and oxygen atoms in total. The van der Waals surface area contributed by atoms with Gasteiger partial charge in [-0.05, 0) is 6.08 Å². The molecule has 5 heteroatoms. The van der Waals surface area contributed by atoms with Crippen LogP contribution >= 0.6 is 0 Å². The maximum atomic E-state index is 11.2. The fourth-order valence-electron chi connectivity index (χ4n) is 1.51. The summed E-state index contributed by atoms with van der Waals surface area (Å²) in [5, 5.41) is 8.81. The molecule has 1 rings (SSSR count). The zero-order chi connectivity index (χ0) is 11.9. The van der Waals surface area contributed by atoms with Gasteiger partial charge in [-0.2, -0.15) is 0 Å². The number of ether oxygens (including phenoxy) is 1. The predicted molar refractivity (Wildman–Crippen MR) is 52.8 cm³/mol. The Bertz CT molecular complexity index is 340. The van der Waals surface area contributed by atoms with E-state index in [9.17, 15) is 9.59 Å². The van der Waals surface area contributed by atoms with Crippen LogP contribution in [-0.2, 0) is 14.3 Å². The Kier molecular flexibility index (Phi) is 2.51. The van der Waals surface area contributed by atoms with Gasteiger partial charge in [0.2, 0.25) is 0 Å². The van der Waals surface area contributed by atoms with Crippen molar-refractivity contribution in [3.05, 3.63) is 11.8 Å². The Morgan fingerprint density at radius 2 is 2.13 bits per heavy atom. The SMILES string of the molecule is CC(C)(C)[C@@]1(CC(=O)O)C=C(N)C(=O)O1. The molecule has 84 valence electrons. The van der Waals surface area contributed by atoms with Crippen molar-refractivity contribution in [1.29, 1.82) is 0 Å². The molecule has 0 bridgehead atoms. The van der Waals surface area contributed by atoms with E-state index in [1.807, 2.05) is 0 Å². The van der Waals surface area contributed by atoms with E-state index in [-0.39, 0.29) is 12.1 Å². The third-order valence-corrected chi connectivity index (χ3v) is 2.58. The first-order valence-corrected chi connectivity index (χ1v) is 4.61. The number of carbonyl (C=O) groups excluding carboxylic acids is 1. The highest BCUT2D eigenvalue weighted by Gasteiger charge is 2.50. The molecule has 0 aromatic rings. The fourth-order valence-corrected chi connectivity index (χ4v) is 1.51. The summed E-state index contributed by atoms with van der Waals surface area (Å²) in [6.45, 7) is 5.41. The van der Waals surface area contributed by atoms with Crippen molar-refractivity contribution in [2.75, 3.05) is 0 Å². The molecular formula is C10H15NO4. The second-order valence-electron chi connectivity index (χ2n) is 4.70. The van der Waals surface area contributed by atoms with Crippen LogP contribution in [0.25, 0.3) is 0 Å². The van der Waals surface area contributed by atoms with Crippen LogP contribution in [0.4, 0.5) is 0 Å². The molecule has 0 aliphatic carbocycles. The average molecular weight is 213 g/mol. The van der Waals surface area contributed by atoms with Crippen LogP contribution in [-0.4, -0.2) is 22.6 Å². The first kappa shape index (κ1) is 11.6. The van der Waals surface area contributed by atoms with Gasteiger partial charge in [-0.1, -0.05) is 20.8 Å². The van der Waals surface area contributed by atoms with Gasteiger partial charge >= 0.3 is 11.9 Å². The maximum Gasteiger partial charge on any atom is 0.354 e. The lowest BCUT2D eigenvalue weighted by atomic mass is 9.74. The second kappa shape index (κ2) is 3.25. The molecule has 0 saturated heterocycles. The highest BCUT2D eigenvalue weighted by molar-refractivity contribution is 5.91. The number of nitrogens with two attached hydrogens (primary N) is 1. The minimum Gasteiger partial charge on any atom is -0.481 e. The van der Waals surface area contributed by atoms with Gasteiger partial charge in [0, 0.05) is 5.41 Å². The first-order chi connectivity index (χ1) is 6.68. The molecule has 0 aromatic heterocycles. The molecule has 0 radical (unpaired) electrons. The van der Waals surface area contributed by atoms with E-state index in [0.29, 0.717) is 0 Å². The zero-order valence-corrected chi connectivity index (χ0v) is 9.03. The highest BCUT2D eigenvalue weighted by atomic mass is 16.6. The molecule has 0 fully saturated rings. The largest absolute Gasteiger partial charge is 0.481 e. The number of rotatable bonds is 2. The van der Waals surface area contributed by atoms with Crippen LogP contribution in [0.3, 0.4) is 0 Å². The highest BCUT2D eigenvalue weighted by Crippen LogP contribution is 2.41. The molecule has 3 N–H and O–H groups in total. The van der Waals surface area contributed by atoms with Crippen LogP contribution in [0.1, 0.15) is 27.2 Å². The summed E-state index contributed by atoms with van der Waals surface area (Å²) in [6.07, 6.45) is 1.13. The van der Waals surface area contributed by atoms with Crippen LogP contribution in [0, 0.1) is 5.41 Å². The Morgan fingerprint density at radius 3 is 2.40 bits per heavy atom. The van der Waals surface area contributed by atoms with Gasteiger partial charge in [0.15, 0.2) is 0 Å². The lowest BCUT2D eigenvalue weighted by Crippen LogP contribution is -2.44. The van der Waals surface area contributed by atoms with E-state index in [1.54, 1.807) is 20.8 Å². The first-order valence-electron chi connectivity index (χ1n) is 4.61. The zero-order valence-electron chi connectivity index (χ0n) is 9.03. The summed E-state index contributed by atoms with van der Waals surface area (Å²) in [5.74, 6) is -1.67. The molecule has 0 unspecified atom stereocenters. The van der Waals surface area contributed by atoms with Gasteiger partial charge in [0.25, 0.3) is 0 Å². The van der Waals surface area contributed by atoms with Crippen molar-refractivity contribution in [2.24, 2.45) is 11.1 Å². The van der Waals surface area contributed by atoms with Gasteiger partial charge in [-0.25, -0.2) is 4.79 Å². The molecule has 1 aliphatic heterocycles. The van der Waals surface area contributed by atoms with Crippen molar-refractivity contribution in [1.82, 2.24) is 0 Å². The molecule has 0 amide bonds. The number of carboxylic acids is 1. The Morgan fingerprint density at radius 1 is 1.60 bits per heavy atom. The average Bonchev–Trinajstić information content (AvgIpc) is 2.25. The van der Waals surface area contributed by atoms with Gasteiger partial charge in [-0.3, -0.25) is 4.79 Å². The monoisotopic (exact) mass is 213 g/mol. The van der Waals surface area contributed by atoms with Crippen LogP contribution in [0.5, 0.6) is 0 Å². The maximum absolute atomic E-state index is 11.2. The number of carbonyl (C=O) groups is 2. The minimum atomic E-state index is -1.14. The molecule has 1 atom stereocenters. The number of hydrogen-bond donors (Lipinski definition) is 2. The Balaban J connectivity index is 3.11. The normalized spacial score (nSPS) is 26.1. The third kappa shape index (κ3) is 1.95. The quantitative estimate of drug-likeness (QED) is 0.657. The topological polar surface area (TPSA) is 89.6 Å². The van der Waals surface area contributed by atoms with E-state index in [4.69, 9.17) is 15.6 Å². The Hall–Kier alpha value is -1.52. The molecule has 1 heterocycles. The summed E-state index contributed by atoms with van der Waals surface area (Å²) in [6, 6.07) is 0. The predicted octanol–water partition coefficient (Wildman–Crippen LogP) is 0.645. The van der Waals surface area contributed by atoms with Crippen molar-refractivity contribution in [2.45, 2.75) is 32.8 Å². The van der Waals surface area contributed by atoms with E-state index in [0.717, 1.165) is 0 Å². The van der Waals surface area contributed by atoms with Crippen LogP contribution in [0.2, 0.25) is 0 Å². The van der Waals surface area contributed by atoms with Gasteiger partial charge in [0.05, 0.1) is 6.42 Å². The van der Waals surface area contributed by atoms with Crippen LogP contribution in [0.15, 0.2) is 11.8 Å². The lowest BCUT2D eigenvalue weighted by molar-refractivity contribution is -0.161. The van der Waals surface area contributed by atoms with Crippen molar-refractivity contribution in [3.8, 4) is 0 Å². The standard InChI is InChI=1S/C10H15NO4/c1-9(2,3)10(5-7(12)13)4-6(11)8(14)15-10/h4H,5,11H2,1-3H3,(H,12,13)/t10-/m0/s1. The van der Waals surface area contributed by atoms with Crippen LogP contribution < -0.4 is 5.73 Å². The summed E-state index contributed by atoms with van der Waals surface area (Å²) in [7, 11) is 0. The van der Waals surface area contributed by atoms with Gasteiger partial charge in [0.1, 0.15) is 11.3 Å². The Labute approximate surface area is 87.9 Å². The fraction of sp³-hybridized carbons (Fsp3) is 0.600. The molecule has 0 aromatic carbocycles. The molecule has 0 saturated carbocycles. The second-order valence-corrected chi connectivity index (χ2v) is 4.70. The van der Waals surface area contributed by atoms with E-state index >= 15 is 0 Å². The van der Waals surface area contributed by atoms with Crippen molar-refractivity contribution in [3.63, 3.8) is 0 Å². The molecule has 15 heavy (non-hydrogen) atoms. The summed E-state index contributed by atoms with van der Waals surface area (Å²) in [5.41, 5.74) is 3.75. The minimum absolute atomic E-state index is 0.0221. The molecule has 0 spiro atoms. The van der Waals surface area contributed by atoms with E-state index < -0.39 is 23.0 Å². The van der Waals surface area contributed by atoms with Gasteiger partial charge in [-0.15, -0.1) is 0 Å². The number of carboxylic acid groups (broad SMARTS) is 1. The number of aliphatic carboxylic acids is 1. The van der Waals surface area contributed by atoms with E-state index in [2.05, 4.69) is 0 Å². The smallest absolute Gasteiger partial charge is 0.354 e. The third-order valence-electron chi connectivity index (χ3n) is 2.58. The summed E-state index contributed by atoms with van der Waals surface area (Å²) >= 11 is 0. The summed E-state index contributed by atoms with van der Waals surface area (Å²) < 4.78 is 5.10. The van der Waals surface area contributed by atoms with Gasteiger partial charge < -0.3 is 15.6 Å².